The second kappa shape index (κ2) is 7.63. The lowest BCUT2D eigenvalue weighted by atomic mass is 10.2. The molecule has 0 unspecified atom stereocenters. The Morgan fingerprint density at radius 2 is 2.16 bits per heavy atom. The van der Waals surface area contributed by atoms with E-state index in [1.807, 2.05) is 0 Å². The molecular weight excluding hydrogens is 261 g/mol. The Bertz CT molecular complexity index is 427. The predicted molar refractivity (Wildman–Crippen MR) is 64.8 cm³/mol. The molecule has 0 bridgehead atoms. The highest BCUT2D eigenvalue weighted by Gasteiger charge is 2.11. The lowest BCUT2D eigenvalue weighted by Gasteiger charge is -2.08. The maximum absolute atomic E-state index is 13.3. The molecule has 0 spiro atoms. The first kappa shape index (κ1) is 15.3. The van der Waals surface area contributed by atoms with Crippen LogP contribution in [0.4, 0.5) is 18.9 Å². The number of carbonyl (C=O) groups excluding carboxylic acids is 1. The minimum Gasteiger partial charge on any atom is -0.432 e. The summed E-state index contributed by atoms with van der Waals surface area (Å²) in [6, 6.07) is 3.29. The van der Waals surface area contributed by atoms with Gasteiger partial charge < -0.3 is 15.4 Å². The number of nitrogens with one attached hydrogen (secondary N) is 2. The minimum absolute atomic E-state index is 0.202. The van der Waals surface area contributed by atoms with Crippen molar-refractivity contribution in [1.29, 1.82) is 0 Å². The molecule has 1 aromatic rings. The number of benzene rings is 1. The van der Waals surface area contributed by atoms with Crippen LogP contribution in [0, 0.1) is 5.82 Å². The topological polar surface area (TPSA) is 50.4 Å². The van der Waals surface area contributed by atoms with Gasteiger partial charge in [0.2, 0.25) is 5.91 Å². The maximum atomic E-state index is 13.3. The van der Waals surface area contributed by atoms with Crippen molar-refractivity contribution in [3.05, 3.63) is 24.0 Å². The van der Waals surface area contributed by atoms with Gasteiger partial charge in [-0.05, 0) is 32.1 Å². The van der Waals surface area contributed by atoms with Crippen LogP contribution >= 0.6 is 0 Å². The molecule has 7 heteroatoms. The molecule has 19 heavy (non-hydrogen) atoms. The summed E-state index contributed by atoms with van der Waals surface area (Å²) in [5, 5.41) is 5.37. The summed E-state index contributed by atoms with van der Waals surface area (Å²) in [6.07, 6.45) is 0.940. The van der Waals surface area contributed by atoms with Gasteiger partial charge in [0.05, 0.1) is 0 Å². The zero-order valence-corrected chi connectivity index (χ0v) is 10.4. The van der Waals surface area contributed by atoms with Gasteiger partial charge in [0.1, 0.15) is 0 Å². The number of hydrogen-bond donors (Lipinski definition) is 2. The monoisotopic (exact) mass is 276 g/mol. The van der Waals surface area contributed by atoms with Crippen LogP contribution in [0.5, 0.6) is 5.75 Å². The molecule has 4 nitrogen and oxygen atoms in total. The summed E-state index contributed by atoms with van der Waals surface area (Å²) in [5.41, 5.74) is 0.202. The van der Waals surface area contributed by atoms with Gasteiger partial charge in [0, 0.05) is 18.2 Å². The maximum Gasteiger partial charge on any atom is 0.387 e. The highest BCUT2D eigenvalue weighted by atomic mass is 19.3. The molecule has 0 radical (unpaired) electrons. The van der Waals surface area contributed by atoms with E-state index in [2.05, 4.69) is 15.4 Å². The van der Waals surface area contributed by atoms with E-state index < -0.39 is 18.2 Å². The molecule has 1 rings (SSSR count). The SMILES string of the molecule is CNCCCC(=O)Nc1ccc(OC(F)F)c(F)c1. The van der Waals surface area contributed by atoms with Crippen LogP contribution in [0.3, 0.4) is 0 Å². The Morgan fingerprint density at radius 3 is 2.74 bits per heavy atom. The second-order valence-electron chi connectivity index (χ2n) is 3.78. The minimum atomic E-state index is -3.09. The number of hydrogen-bond acceptors (Lipinski definition) is 3. The number of rotatable bonds is 7. The third-order valence-corrected chi connectivity index (χ3v) is 2.26. The van der Waals surface area contributed by atoms with Gasteiger partial charge in [-0.25, -0.2) is 4.39 Å². The molecule has 0 aliphatic carbocycles. The van der Waals surface area contributed by atoms with Crippen LogP contribution in [0.1, 0.15) is 12.8 Å². The van der Waals surface area contributed by atoms with Crippen molar-refractivity contribution >= 4 is 11.6 Å². The summed E-state index contributed by atoms with van der Waals surface area (Å²) in [4.78, 5) is 11.4. The van der Waals surface area contributed by atoms with Gasteiger partial charge in [0.15, 0.2) is 11.6 Å². The Kier molecular flexibility index (Phi) is 6.14. The van der Waals surface area contributed by atoms with Gasteiger partial charge in [-0.15, -0.1) is 0 Å². The first-order chi connectivity index (χ1) is 9.02. The summed E-state index contributed by atoms with van der Waals surface area (Å²) < 4.78 is 41.1. The first-order valence-corrected chi connectivity index (χ1v) is 5.71. The summed E-state index contributed by atoms with van der Waals surface area (Å²) in [5.74, 6) is -1.77. The Morgan fingerprint density at radius 1 is 1.42 bits per heavy atom. The number of amides is 1. The lowest BCUT2D eigenvalue weighted by molar-refractivity contribution is -0.116. The zero-order valence-electron chi connectivity index (χ0n) is 10.4. The van der Waals surface area contributed by atoms with E-state index in [0.717, 1.165) is 12.1 Å². The number of alkyl halides is 2. The summed E-state index contributed by atoms with van der Waals surface area (Å²) in [6.45, 7) is -2.39. The number of anilines is 1. The third-order valence-electron chi connectivity index (χ3n) is 2.26. The molecule has 0 saturated heterocycles. The van der Waals surface area contributed by atoms with E-state index in [1.54, 1.807) is 7.05 Å². The molecule has 106 valence electrons. The third kappa shape index (κ3) is 5.60. The fraction of sp³-hybridized carbons (Fsp3) is 0.417. The smallest absolute Gasteiger partial charge is 0.387 e. The molecule has 1 aromatic carbocycles. The fourth-order valence-electron chi connectivity index (χ4n) is 1.42. The number of carbonyl (C=O) groups is 1. The quantitative estimate of drug-likeness (QED) is 0.752. The van der Waals surface area contributed by atoms with Gasteiger partial charge in [-0.3, -0.25) is 4.79 Å². The molecule has 0 aromatic heterocycles. The van der Waals surface area contributed by atoms with E-state index in [0.29, 0.717) is 13.0 Å². The highest BCUT2D eigenvalue weighted by molar-refractivity contribution is 5.90. The van der Waals surface area contributed by atoms with Crippen LogP contribution in [-0.4, -0.2) is 26.1 Å². The highest BCUT2D eigenvalue weighted by Crippen LogP contribution is 2.22. The second-order valence-corrected chi connectivity index (χ2v) is 3.78. The fourth-order valence-corrected chi connectivity index (χ4v) is 1.42. The van der Waals surface area contributed by atoms with E-state index in [4.69, 9.17) is 0 Å². The van der Waals surface area contributed by atoms with Crippen molar-refractivity contribution in [3.8, 4) is 5.75 Å². The van der Waals surface area contributed by atoms with Crippen molar-refractivity contribution in [2.24, 2.45) is 0 Å². The summed E-state index contributed by atoms with van der Waals surface area (Å²) in [7, 11) is 1.77. The van der Waals surface area contributed by atoms with Gasteiger partial charge >= 0.3 is 6.61 Å². The van der Waals surface area contributed by atoms with Crippen LogP contribution in [0.25, 0.3) is 0 Å². The first-order valence-electron chi connectivity index (χ1n) is 5.71. The van der Waals surface area contributed by atoms with E-state index >= 15 is 0 Å². The van der Waals surface area contributed by atoms with Crippen molar-refractivity contribution in [2.75, 3.05) is 18.9 Å². The van der Waals surface area contributed by atoms with E-state index in [9.17, 15) is 18.0 Å². The average molecular weight is 276 g/mol. The van der Waals surface area contributed by atoms with Crippen molar-refractivity contribution < 1.29 is 22.7 Å². The number of ether oxygens (including phenoxy) is 1. The van der Waals surface area contributed by atoms with Gasteiger partial charge in [0.25, 0.3) is 0 Å². The van der Waals surface area contributed by atoms with Crippen LogP contribution in [0.15, 0.2) is 18.2 Å². The predicted octanol–water partition coefficient (Wildman–Crippen LogP) is 2.37. The molecule has 2 N–H and O–H groups in total. The molecule has 0 heterocycles. The van der Waals surface area contributed by atoms with Gasteiger partial charge in [-0.1, -0.05) is 0 Å². The Labute approximate surface area is 108 Å². The van der Waals surface area contributed by atoms with Crippen LogP contribution in [-0.2, 0) is 4.79 Å². The van der Waals surface area contributed by atoms with Crippen molar-refractivity contribution in [2.45, 2.75) is 19.5 Å². The normalized spacial score (nSPS) is 10.6. The van der Waals surface area contributed by atoms with Crippen molar-refractivity contribution in [1.82, 2.24) is 5.32 Å². The standard InChI is InChI=1S/C12H15F3N2O2/c1-16-6-2-3-11(18)17-8-4-5-10(9(13)7-8)19-12(14)15/h4-5,7,12,16H,2-3,6H2,1H3,(H,17,18). The molecule has 0 saturated carbocycles. The van der Waals surface area contributed by atoms with E-state index in [-0.39, 0.29) is 18.0 Å². The largest absolute Gasteiger partial charge is 0.432 e. The lowest BCUT2D eigenvalue weighted by Crippen LogP contribution is -2.15. The zero-order chi connectivity index (χ0) is 14.3. The molecule has 1 amide bonds. The number of halogens is 3. The Balaban J connectivity index is 2.55. The molecular formula is C12H15F3N2O2. The molecule has 0 atom stereocenters. The summed E-state index contributed by atoms with van der Waals surface area (Å²) >= 11 is 0. The van der Waals surface area contributed by atoms with E-state index in [1.165, 1.54) is 6.07 Å². The van der Waals surface area contributed by atoms with Crippen molar-refractivity contribution in [3.63, 3.8) is 0 Å². The molecule has 0 aliphatic rings. The van der Waals surface area contributed by atoms with Crippen LogP contribution < -0.4 is 15.4 Å². The van der Waals surface area contributed by atoms with Gasteiger partial charge in [-0.2, -0.15) is 8.78 Å². The molecule has 0 fully saturated rings. The molecule has 0 aliphatic heterocycles. The average Bonchev–Trinajstić information content (AvgIpc) is 2.32. The van der Waals surface area contributed by atoms with Crippen LogP contribution in [0.2, 0.25) is 0 Å². The Hall–Kier alpha value is -1.76.